The van der Waals surface area contributed by atoms with Crippen molar-refractivity contribution in [2.75, 3.05) is 0 Å². The summed E-state index contributed by atoms with van der Waals surface area (Å²) in [4.78, 5) is 11.5. The SMILES string of the molecule is Cc1cc(C)c(S(=O)(=O)O[C@@H](C(=O)O)c2ccccc2Cl)c(C)c1. The lowest BCUT2D eigenvalue weighted by molar-refractivity contribution is -0.145. The first-order chi connectivity index (χ1) is 11.1. The molecule has 0 aliphatic carbocycles. The van der Waals surface area contributed by atoms with Crippen LogP contribution in [0.15, 0.2) is 41.3 Å². The lowest BCUT2D eigenvalue weighted by Crippen LogP contribution is -2.21. The number of carboxylic acids is 1. The molecule has 0 heterocycles. The van der Waals surface area contributed by atoms with Gasteiger partial charge in [0.05, 0.1) is 4.90 Å². The summed E-state index contributed by atoms with van der Waals surface area (Å²) < 4.78 is 30.4. The highest BCUT2D eigenvalue weighted by atomic mass is 35.5. The van der Waals surface area contributed by atoms with E-state index in [-0.39, 0.29) is 15.5 Å². The lowest BCUT2D eigenvalue weighted by atomic mass is 10.1. The molecule has 0 unspecified atom stereocenters. The van der Waals surface area contributed by atoms with E-state index < -0.39 is 22.2 Å². The highest BCUT2D eigenvalue weighted by Gasteiger charge is 2.32. The highest BCUT2D eigenvalue weighted by molar-refractivity contribution is 7.86. The second-order valence-corrected chi connectivity index (χ2v) is 7.43. The molecule has 1 N–H and O–H groups in total. The van der Waals surface area contributed by atoms with E-state index in [2.05, 4.69) is 0 Å². The van der Waals surface area contributed by atoms with Crippen LogP contribution >= 0.6 is 11.6 Å². The second kappa shape index (κ2) is 6.93. The molecule has 0 aliphatic heterocycles. The number of halogens is 1. The molecular weight excluding hydrogens is 352 g/mol. The zero-order chi connectivity index (χ0) is 18.1. The van der Waals surface area contributed by atoms with Crippen LogP contribution in [0.2, 0.25) is 5.02 Å². The monoisotopic (exact) mass is 368 g/mol. The number of carboxylic acid groups (broad SMARTS) is 1. The lowest BCUT2D eigenvalue weighted by Gasteiger charge is -2.17. The molecule has 5 nitrogen and oxygen atoms in total. The molecule has 7 heteroatoms. The molecule has 0 bridgehead atoms. The van der Waals surface area contributed by atoms with Crippen LogP contribution in [0.3, 0.4) is 0 Å². The van der Waals surface area contributed by atoms with Crippen molar-refractivity contribution in [1.29, 1.82) is 0 Å². The van der Waals surface area contributed by atoms with E-state index in [0.29, 0.717) is 11.1 Å². The van der Waals surface area contributed by atoms with E-state index in [1.807, 2.05) is 6.92 Å². The number of carbonyl (C=O) groups is 1. The van der Waals surface area contributed by atoms with Crippen molar-refractivity contribution >= 4 is 27.7 Å². The van der Waals surface area contributed by atoms with Crippen LogP contribution in [0.5, 0.6) is 0 Å². The summed E-state index contributed by atoms with van der Waals surface area (Å²) in [6.07, 6.45) is -1.72. The first kappa shape index (κ1) is 18.4. The molecule has 0 aliphatic rings. The van der Waals surface area contributed by atoms with E-state index in [4.69, 9.17) is 15.8 Å². The molecule has 2 aromatic carbocycles. The van der Waals surface area contributed by atoms with Crippen LogP contribution < -0.4 is 0 Å². The molecule has 0 aromatic heterocycles. The molecule has 0 radical (unpaired) electrons. The summed E-state index contributed by atoms with van der Waals surface area (Å²) in [5.41, 5.74) is 1.98. The molecule has 0 fully saturated rings. The van der Waals surface area contributed by atoms with Crippen LogP contribution in [0, 0.1) is 20.8 Å². The Kier molecular flexibility index (Phi) is 5.32. The van der Waals surface area contributed by atoms with Crippen LogP contribution in [0.4, 0.5) is 0 Å². The minimum atomic E-state index is -4.29. The molecule has 0 spiro atoms. The van der Waals surface area contributed by atoms with Gasteiger partial charge in [-0.3, -0.25) is 0 Å². The molecule has 0 amide bonds. The minimum Gasteiger partial charge on any atom is -0.479 e. The zero-order valence-corrected chi connectivity index (χ0v) is 15.0. The first-order valence-electron chi connectivity index (χ1n) is 7.12. The van der Waals surface area contributed by atoms with Gasteiger partial charge in [0.1, 0.15) is 0 Å². The van der Waals surface area contributed by atoms with E-state index in [0.717, 1.165) is 5.56 Å². The smallest absolute Gasteiger partial charge is 0.339 e. The molecule has 2 rings (SSSR count). The standard InChI is InChI=1S/C17H17ClO5S/c1-10-8-11(2)16(12(3)9-10)24(21,22)23-15(17(19)20)13-6-4-5-7-14(13)18/h4-9,15H,1-3H3,(H,19,20)/t15-/m1/s1. The van der Waals surface area contributed by atoms with E-state index in [1.165, 1.54) is 12.1 Å². The Balaban J connectivity index is 2.51. The fourth-order valence-corrected chi connectivity index (χ4v) is 4.33. The molecule has 1 atom stereocenters. The quantitative estimate of drug-likeness (QED) is 0.812. The van der Waals surface area contributed by atoms with Crippen LogP contribution in [-0.2, 0) is 19.1 Å². The van der Waals surface area contributed by atoms with Crippen molar-refractivity contribution in [2.24, 2.45) is 0 Å². The Morgan fingerprint density at radius 3 is 2.17 bits per heavy atom. The van der Waals surface area contributed by atoms with Crippen molar-refractivity contribution in [3.8, 4) is 0 Å². The Labute approximate surface area is 146 Å². The maximum atomic E-state index is 12.7. The molecule has 24 heavy (non-hydrogen) atoms. The summed E-state index contributed by atoms with van der Waals surface area (Å²) in [5.74, 6) is -1.44. The number of hydrogen-bond acceptors (Lipinski definition) is 4. The van der Waals surface area contributed by atoms with Gasteiger partial charge in [-0.25, -0.2) is 8.98 Å². The summed E-state index contributed by atoms with van der Waals surface area (Å²) in [7, 11) is -4.29. The largest absolute Gasteiger partial charge is 0.479 e. The zero-order valence-electron chi connectivity index (χ0n) is 13.4. The minimum absolute atomic E-state index is 0.0218. The highest BCUT2D eigenvalue weighted by Crippen LogP contribution is 2.31. The van der Waals surface area contributed by atoms with Gasteiger partial charge >= 0.3 is 5.97 Å². The number of hydrogen-bond donors (Lipinski definition) is 1. The summed E-state index contributed by atoms with van der Waals surface area (Å²) in [5, 5.41) is 9.52. The van der Waals surface area contributed by atoms with Crippen LogP contribution in [0.1, 0.15) is 28.4 Å². The average Bonchev–Trinajstić information content (AvgIpc) is 2.44. The van der Waals surface area contributed by atoms with Crippen molar-refractivity contribution in [3.63, 3.8) is 0 Å². The van der Waals surface area contributed by atoms with E-state index >= 15 is 0 Å². The third-order valence-electron chi connectivity index (χ3n) is 3.49. The van der Waals surface area contributed by atoms with Crippen molar-refractivity contribution in [1.82, 2.24) is 0 Å². The fourth-order valence-electron chi connectivity index (χ4n) is 2.65. The number of benzene rings is 2. The van der Waals surface area contributed by atoms with Gasteiger partial charge in [0.25, 0.3) is 10.1 Å². The van der Waals surface area contributed by atoms with Gasteiger partial charge in [-0.15, -0.1) is 0 Å². The topological polar surface area (TPSA) is 80.7 Å². The second-order valence-electron chi connectivity index (χ2n) is 5.52. The van der Waals surface area contributed by atoms with Gasteiger partial charge in [-0.05, 0) is 38.0 Å². The van der Waals surface area contributed by atoms with Gasteiger partial charge < -0.3 is 5.11 Å². The van der Waals surface area contributed by atoms with Gasteiger partial charge in [0.2, 0.25) is 6.10 Å². The normalized spacial score (nSPS) is 12.8. The van der Waals surface area contributed by atoms with Crippen molar-refractivity contribution in [2.45, 2.75) is 31.8 Å². The van der Waals surface area contributed by atoms with Crippen molar-refractivity contribution < 1.29 is 22.5 Å². The summed E-state index contributed by atoms with van der Waals surface area (Å²) in [6.45, 7) is 5.13. The Morgan fingerprint density at radius 2 is 1.67 bits per heavy atom. The summed E-state index contributed by atoms with van der Waals surface area (Å²) in [6, 6.07) is 9.49. The van der Waals surface area contributed by atoms with Crippen LogP contribution in [-0.4, -0.2) is 19.5 Å². The first-order valence-corrected chi connectivity index (χ1v) is 8.90. The molecule has 128 valence electrons. The molecule has 0 saturated carbocycles. The van der Waals surface area contributed by atoms with Crippen LogP contribution in [0.25, 0.3) is 0 Å². The number of aliphatic carboxylic acids is 1. The van der Waals surface area contributed by atoms with Crippen molar-refractivity contribution in [3.05, 3.63) is 63.7 Å². The fraction of sp³-hybridized carbons (Fsp3) is 0.235. The predicted molar refractivity (Wildman–Crippen MR) is 90.8 cm³/mol. The van der Waals surface area contributed by atoms with E-state index in [1.54, 1.807) is 38.1 Å². The molecular formula is C17H17ClO5S. The third-order valence-corrected chi connectivity index (χ3v) is 5.42. The number of aryl methyl sites for hydroxylation is 3. The number of rotatable bonds is 5. The third kappa shape index (κ3) is 3.77. The van der Waals surface area contributed by atoms with E-state index in [9.17, 15) is 18.3 Å². The molecule has 2 aromatic rings. The maximum Gasteiger partial charge on any atom is 0.339 e. The average molecular weight is 369 g/mol. The van der Waals surface area contributed by atoms with Gasteiger partial charge in [0, 0.05) is 10.6 Å². The predicted octanol–water partition coefficient (Wildman–Crippen LogP) is 3.80. The Hall–Kier alpha value is -1.89. The summed E-state index contributed by atoms with van der Waals surface area (Å²) >= 11 is 5.98. The van der Waals surface area contributed by atoms with Gasteiger partial charge in [0.15, 0.2) is 0 Å². The van der Waals surface area contributed by atoms with Gasteiger partial charge in [-0.1, -0.05) is 47.5 Å². The maximum absolute atomic E-state index is 12.7. The van der Waals surface area contributed by atoms with Gasteiger partial charge in [-0.2, -0.15) is 8.42 Å². The Morgan fingerprint density at radius 1 is 1.12 bits per heavy atom. The Bertz CT molecular complexity index is 867. The molecule has 0 saturated heterocycles.